The predicted molar refractivity (Wildman–Crippen MR) is 162 cm³/mol. The van der Waals surface area contributed by atoms with Crippen molar-refractivity contribution < 1.29 is 4.79 Å². The summed E-state index contributed by atoms with van der Waals surface area (Å²) >= 11 is 0. The molecule has 0 aliphatic carbocycles. The van der Waals surface area contributed by atoms with Crippen molar-refractivity contribution in [2.75, 3.05) is 17.6 Å². The van der Waals surface area contributed by atoms with Gasteiger partial charge in [0, 0.05) is 30.1 Å². The highest BCUT2D eigenvalue weighted by atomic mass is 16.1. The van der Waals surface area contributed by atoms with Crippen molar-refractivity contribution in [1.29, 1.82) is 0 Å². The predicted octanol–water partition coefficient (Wildman–Crippen LogP) is 4.74. The van der Waals surface area contributed by atoms with E-state index in [1.54, 1.807) is 10.6 Å². The van der Waals surface area contributed by atoms with Crippen LogP contribution in [0.1, 0.15) is 56.8 Å². The highest BCUT2D eigenvalue weighted by molar-refractivity contribution is 5.96. The first-order valence-corrected chi connectivity index (χ1v) is 13.4. The molecule has 0 unspecified atom stereocenters. The van der Waals surface area contributed by atoms with E-state index in [9.17, 15) is 9.59 Å². The van der Waals surface area contributed by atoms with Gasteiger partial charge in [0.05, 0.1) is 22.3 Å². The number of carbonyl (C=O) groups excluding carboxylic acids is 1. The van der Waals surface area contributed by atoms with Crippen molar-refractivity contribution in [3.8, 4) is 5.69 Å². The van der Waals surface area contributed by atoms with E-state index in [-0.39, 0.29) is 23.0 Å². The summed E-state index contributed by atoms with van der Waals surface area (Å²) in [5.41, 5.74) is 10.1. The molecular weight excluding hydrogens is 502 g/mol. The fourth-order valence-corrected chi connectivity index (χ4v) is 4.78. The van der Waals surface area contributed by atoms with Gasteiger partial charge in [0.2, 0.25) is 11.9 Å². The molecule has 40 heavy (non-hydrogen) atoms. The molecule has 208 valence electrons. The van der Waals surface area contributed by atoms with E-state index in [0.717, 1.165) is 22.4 Å². The van der Waals surface area contributed by atoms with Crippen LogP contribution in [0.15, 0.2) is 59.4 Å². The number of aryl methyl sites for hydroxylation is 3. The number of nitrogens with one attached hydrogen (secondary N) is 2. The van der Waals surface area contributed by atoms with Crippen molar-refractivity contribution in [3.05, 3.63) is 87.6 Å². The summed E-state index contributed by atoms with van der Waals surface area (Å²) in [7, 11) is 0. The minimum atomic E-state index is -0.350. The molecule has 0 fully saturated rings. The molecule has 0 saturated heterocycles. The number of amides is 1. The van der Waals surface area contributed by atoms with Crippen LogP contribution in [-0.4, -0.2) is 37.5 Å². The van der Waals surface area contributed by atoms with Gasteiger partial charge in [-0.2, -0.15) is 4.98 Å². The Hall–Kier alpha value is -4.53. The first kappa shape index (κ1) is 28.5. The third kappa shape index (κ3) is 6.54. The third-order valence-corrected chi connectivity index (χ3v) is 6.41. The topological polar surface area (TPSA) is 128 Å². The summed E-state index contributed by atoms with van der Waals surface area (Å²) in [6.07, 6.45) is 2.78. The number of aromatic nitrogens is 4. The van der Waals surface area contributed by atoms with Gasteiger partial charge in [0.15, 0.2) is 0 Å². The number of rotatable bonds is 8. The Morgan fingerprint density at radius 3 is 2.45 bits per heavy atom. The number of benzene rings is 2. The summed E-state index contributed by atoms with van der Waals surface area (Å²) in [6.45, 7) is 12.0. The zero-order valence-electron chi connectivity index (χ0n) is 24.0. The number of hydrogen-bond acceptors (Lipinski definition) is 7. The van der Waals surface area contributed by atoms with Crippen molar-refractivity contribution in [3.63, 3.8) is 0 Å². The maximum Gasteiger partial charge on any atom is 0.266 e. The van der Waals surface area contributed by atoms with Crippen LogP contribution in [-0.2, 0) is 11.2 Å². The Labute approximate surface area is 234 Å². The lowest BCUT2D eigenvalue weighted by Crippen LogP contribution is -2.39. The van der Waals surface area contributed by atoms with Crippen LogP contribution >= 0.6 is 0 Å². The molecule has 2 aromatic heterocycles. The normalized spacial score (nSPS) is 12.0. The summed E-state index contributed by atoms with van der Waals surface area (Å²) in [6, 6.07) is 15.3. The monoisotopic (exact) mass is 539 g/mol. The number of nitrogens with two attached hydrogens (primary N) is 1. The van der Waals surface area contributed by atoms with Gasteiger partial charge in [0.25, 0.3) is 5.56 Å². The summed E-state index contributed by atoms with van der Waals surface area (Å²) < 4.78 is 1.70. The molecule has 1 amide bonds. The number of nitrogens with zero attached hydrogens (tertiary/aromatic N) is 4. The van der Waals surface area contributed by atoms with Crippen LogP contribution < -0.4 is 21.9 Å². The molecule has 0 atom stereocenters. The van der Waals surface area contributed by atoms with Gasteiger partial charge in [-0.05, 0) is 77.3 Å². The third-order valence-electron chi connectivity index (χ3n) is 6.41. The molecule has 0 saturated carbocycles. The van der Waals surface area contributed by atoms with E-state index in [1.165, 1.54) is 0 Å². The van der Waals surface area contributed by atoms with Crippen molar-refractivity contribution in [1.82, 2.24) is 24.8 Å². The molecular formula is C31H37N7O2. The number of allylic oxidation sites excluding steroid dienone is 1. The first-order valence-electron chi connectivity index (χ1n) is 13.4. The molecule has 4 rings (SSSR count). The smallest absolute Gasteiger partial charge is 0.266 e. The average Bonchev–Trinajstić information content (AvgIpc) is 2.85. The second-order valence-corrected chi connectivity index (χ2v) is 11.0. The Balaban J connectivity index is 1.59. The lowest BCUT2D eigenvalue weighted by Gasteiger charge is -2.20. The number of anilines is 2. The number of carbonyl (C=O) groups is 1. The van der Waals surface area contributed by atoms with E-state index in [4.69, 9.17) is 10.7 Å². The fourth-order valence-electron chi connectivity index (χ4n) is 4.78. The molecule has 9 heteroatoms. The van der Waals surface area contributed by atoms with E-state index in [0.29, 0.717) is 47.6 Å². The van der Waals surface area contributed by atoms with Gasteiger partial charge >= 0.3 is 0 Å². The molecule has 9 nitrogen and oxygen atoms in total. The van der Waals surface area contributed by atoms with Crippen molar-refractivity contribution in [2.45, 2.75) is 59.9 Å². The number of fused-ring (bicyclic) bond motifs is 1. The SMILES string of the molecule is C/C(=C\C(=O)NC(C)(C)C)c1c(C)nc(N)nc1NCCCc1nc2cccc(C)c2c(=O)n1-c1ccccc1. The second kappa shape index (κ2) is 11.7. The van der Waals surface area contributed by atoms with E-state index >= 15 is 0 Å². The Morgan fingerprint density at radius 2 is 1.75 bits per heavy atom. The van der Waals surface area contributed by atoms with E-state index < -0.39 is 0 Å². The number of nitrogen functional groups attached to an aromatic ring is 1. The first-order chi connectivity index (χ1) is 18.9. The molecule has 0 aliphatic rings. The molecule has 4 N–H and O–H groups in total. The molecule has 0 radical (unpaired) electrons. The second-order valence-electron chi connectivity index (χ2n) is 11.0. The maximum absolute atomic E-state index is 13.6. The molecule has 4 aromatic rings. The van der Waals surface area contributed by atoms with Crippen LogP contribution in [0.2, 0.25) is 0 Å². The summed E-state index contributed by atoms with van der Waals surface area (Å²) in [5.74, 6) is 1.21. The number of para-hydroxylation sites is 1. The van der Waals surface area contributed by atoms with Gasteiger partial charge in [-0.3, -0.25) is 14.2 Å². The lowest BCUT2D eigenvalue weighted by molar-refractivity contribution is -0.117. The van der Waals surface area contributed by atoms with Gasteiger partial charge in [0.1, 0.15) is 11.6 Å². The molecule has 0 spiro atoms. The Morgan fingerprint density at radius 1 is 1.02 bits per heavy atom. The highest BCUT2D eigenvalue weighted by Gasteiger charge is 2.17. The fraction of sp³-hybridized carbons (Fsp3) is 0.323. The van der Waals surface area contributed by atoms with Crippen LogP contribution in [0.25, 0.3) is 22.2 Å². The van der Waals surface area contributed by atoms with Gasteiger partial charge < -0.3 is 16.4 Å². The minimum Gasteiger partial charge on any atom is -0.369 e. The summed E-state index contributed by atoms with van der Waals surface area (Å²) in [4.78, 5) is 39.8. The quantitative estimate of drug-likeness (QED) is 0.218. The molecule has 2 aromatic carbocycles. The Bertz CT molecular complexity index is 1630. The highest BCUT2D eigenvalue weighted by Crippen LogP contribution is 2.26. The van der Waals surface area contributed by atoms with Gasteiger partial charge in [-0.25, -0.2) is 9.97 Å². The minimum absolute atomic E-state index is 0.0759. The van der Waals surface area contributed by atoms with E-state index in [2.05, 4.69) is 20.6 Å². The van der Waals surface area contributed by atoms with Crippen molar-refractivity contribution in [2.24, 2.45) is 0 Å². The number of hydrogen-bond donors (Lipinski definition) is 3. The van der Waals surface area contributed by atoms with Crippen LogP contribution in [0.4, 0.5) is 11.8 Å². The maximum atomic E-state index is 13.6. The molecule has 0 bridgehead atoms. The largest absolute Gasteiger partial charge is 0.369 e. The van der Waals surface area contributed by atoms with Crippen LogP contribution in [0.3, 0.4) is 0 Å². The molecule has 0 aliphatic heterocycles. The van der Waals surface area contributed by atoms with Gasteiger partial charge in [-0.15, -0.1) is 0 Å². The van der Waals surface area contributed by atoms with Crippen molar-refractivity contribution >= 4 is 34.1 Å². The standard InChI is InChI=1S/C31H37N7O2/c1-19-12-10-15-23-27(19)29(40)38(22-13-8-7-9-14-22)24(35-23)16-11-17-33-28-26(21(3)34-30(32)36-28)20(2)18-25(39)37-31(4,5)6/h7-10,12-15,18H,11,16-17H2,1-6H3,(H,37,39)(H3,32,33,34,36)/b20-18+. The lowest BCUT2D eigenvalue weighted by atomic mass is 10.0. The van der Waals surface area contributed by atoms with Crippen LogP contribution in [0.5, 0.6) is 0 Å². The average molecular weight is 540 g/mol. The molecule has 2 heterocycles. The zero-order chi connectivity index (χ0) is 29.0. The Kier molecular flexibility index (Phi) is 8.32. The zero-order valence-corrected chi connectivity index (χ0v) is 24.0. The summed E-state index contributed by atoms with van der Waals surface area (Å²) in [5, 5.41) is 6.94. The van der Waals surface area contributed by atoms with Gasteiger partial charge in [-0.1, -0.05) is 30.3 Å². The van der Waals surface area contributed by atoms with Crippen LogP contribution in [0, 0.1) is 13.8 Å². The van der Waals surface area contributed by atoms with E-state index in [1.807, 2.05) is 90.1 Å².